The van der Waals surface area contributed by atoms with E-state index in [0.29, 0.717) is 24.8 Å². The highest BCUT2D eigenvalue weighted by atomic mass is 16.6. The van der Waals surface area contributed by atoms with Crippen LogP contribution in [0.3, 0.4) is 0 Å². The van der Waals surface area contributed by atoms with Crippen molar-refractivity contribution in [3.8, 4) is 0 Å². The van der Waals surface area contributed by atoms with Crippen LogP contribution < -0.4 is 0 Å². The minimum absolute atomic E-state index is 0.0523. The molecule has 3 fully saturated rings. The first kappa shape index (κ1) is 22.0. The van der Waals surface area contributed by atoms with Gasteiger partial charge in [-0.15, -0.1) is 0 Å². The third-order valence-electron chi connectivity index (χ3n) is 6.77. The summed E-state index contributed by atoms with van der Waals surface area (Å²) in [7, 11) is 0. The highest BCUT2D eigenvalue weighted by Crippen LogP contribution is 2.53. The average Bonchev–Trinajstić information content (AvgIpc) is 3.35. The summed E-state index contributed by atoms with van der Waals surface area (Å²) >= 11 is 0. The van der Waals surface area contributed by atoms with Gasteiger partial charge in [-0.1, -0.05) is 6.08 Å². The second kappa shape index (κ2) is 7.51. The van der Waals surface area contributed by atoms with Gasteiger partial charge in [0, 0.05) is 18.4 Å². The molecule has 3 rings (SSSR count). The molecule has 0 aromatic rings. The summed E-state index contributed by atoms with van der Waals surface area (Å²) in [6.07, 6.45) is 3.33. The van der Waals surface area contributed by atoms with E-state index in [1.165, 1.54) is 6.92 Å². The van der Waals surface area contributed by atoms with E-state index in [1.807, 2.05) is 13.8 Å². The van der Waals surface area contributed by atoms with Gasteiger partial charge in [-0.25, -0.2) is 4.79 Å². The Morgan fingerprint density at radius 2 is 1.79 bits per heavy atom. The summed E-state index contributed by atoms with van der Waals surface area (Å²) < 4.78 is 23.1. The Morgan fingerprint density at radius 3 is 2.41 bits per heavy atom. The van der Waals surface area contributed by atoms with Gasteiger partial charge < -0.3 is 18.9 Å². The number of carbonyl (C=O) groups excluding carboxylic acids is 3. The van der Waals surface area contributed by atoms with E-state index in [-0.39, 0.29) is 30.0 Å². The first-order chi connectivity index (χ1) is 13.4. The molecule has 0 radical (unpaired) electrons. The maximum atomic E-state index is 13.0. The first-order valence-electron chi connectivity index (χ1n) is 10.3. The fourth-order valence-electron chi connectivity index (χ4n) is 4.66. The third-order valence-corrected chi connectivity index (χ3v) is 6.77. The van der Waals surface area contributed by atoms with E-state index < -0.39 is 29.2 Å². The lowest BCUT2D eigenvalue weighted by Crippen LogP contribution is -2.61. The summed E-state index contributed by atoms with van der Waals surface area (Å²) in [5, 5.41) is 0. The zero-order valence-electron chi connectivity index (χ0n) is 18.2. The molecule has 3 aliphatic rings. The van der Waals surface area contributed by atoms with Gasteiger partial charge in [0.1, 0.15) is 24.4 Å². The zero-order valence-corrected chi connectivity index (χ0v) is 18.2. The van der Waals surface area contributed by atoms with Gasteiger partial charge in [0.25, 0.3) is 0 Å². The number of ether oxygens (including phenoxy) is 4. The molecule has 0 amide bonds. The Labute approximate surface area is 172 Å². The summed E-state index contributed by atoms with van der Waals surface area (Å²) in [5.41, 5.74) is -1.60. The largest absolute Gasteiger partial charge is 0.463 e. The van der Waals surface area contributed by atoms with Gasteiger partial charge in [0.05, 0.1) is 11.2 Å². The summed E-state index contributed by atoms with van der Waals surface area (Å²) in [5.74, 6) is -1.08. The van der Waals surface area contributed by atoms with Crippen molar-refractivity contribution in [3.05, 3.63) is 11.6 Å². The number of hydrogen-bond donors (Lipinski definition) is 0. The Balaban J connectivity index is 1.80. The predicted molar refractivity (Wildman–Crippen MR) is 104 cm³/mol. The van der Waals surface area contributed by atoms with Crippen LogP contribution in [0.5, 0.6) is 0 Å². The second-order valence-corrected chi connectivity index (χ2v) is 9.22. The molecular weight excluding hydrogens is 376 g/mol. The molecule has 0 spiro atoms. The van der Waals surface area contributed by atoms with Crippen LogP contribution in [0.1, 0.15) is 67.2 Å². The van der Waals surface area contributed by atoms with Crippen LogP contribution in [0.15, 0.2) is 11.6 Å². The smallest absolute Gasteiger partial charge is 0.333 e. The van der Waals surface area contributed by atoms with E-state index in [0.717, 1.165) is 6.42 Å². The Hall–Kier alpha value is -1.73. The lowest BCUT2D eigenvalue weighted by molar-refractivity contribution is -0.258. The number of Topliss-reactive ketones (excluding diaryl/α,β-unsaturated/α-hetero) is 1. The van der Waals surface area contributed by atoms with Crippen molar-refractivity contribution in [3.63, 3.8) is 0 Å². The molecule has 0 aromatic carbocycles. The highest BCUT2D eigenvalue weighted by molar-refractivity contribution is 5.91. The number of allylic oxidation sites excluding steroid dienone is 1. The van der Waals surface area contributed by atoms with Crippen molar-refractivity contribution >= 4 is 17.7 Å². The predicted octanol–water partition coefficient (Wildman–Crippen LogP) is 2.89. The Kier molecular flexibility index (Phi) is 5.69. The van der Waals surface area contributed by atoms with Crippen molar-refractivity contribution in [2.24, 2.45) is 5.92 Å². The number of fused-ring (bicyclic) bond motifs is 1. The SMILES string of the molecule is C/C=C(\C)C(=O)O[C@H]1CC[C@@](C)([C@H]2CC[C@@]3(C)O[C@H]3C2=O)O[C@@]1(C)COC(C)=O. The quantitative estimate of drug-likeness (QED) is 0.392. The van der Waals surface area contributed by atoms with Crippen LogP contribution in [-0.4, -0.2) is 53.3 Å². The van der Waals surface area contributed by atoms with Crippen LogP contribution in [0.25, 0.3) is 0 Å². The minimum Gasteiger partial charge on any atom is -0.463 e. The molecule has 1 saturated carbocycles. The molecule has 2 saturated heterocycles. The van der Waals surface area contributed by atoms with Crippen molar-refractivity contribution in [1.82, 2.24) is 0 Å². The number of carbonyl (C=O) groups is 3. The molecule has 0 N–H and O–H groups in total. The molecule has 162 valence electrons. The molecule has 1 aliphatic carbocycles. The van der Waals surface area contributed by atoms with Crippen LogP contribution >= 0.6 is 0 Å². The summed E-state index contributed by atoms with van der Waals surface area (Å²) in [4.78, 5) is 36.7. The fourth-order valence-corrected chi connectivity index (χ4v) is 4.66. The Morgan fingerprint density at radius 1 is 1.14 bits per heavy atom. The van der Waals surface area contributed by atoms with Gasteiger partial charge in [0.15, 0.2) is 5.78 Å². The molecule has 0 bridgehead atoms. The number of hydrogen-bond acceptors (Lipinski definition) is 7. The van der Waals surface area contributed by atoms with Crippen LogP contribution in [-0.2, 0) is 33.3 Å². The monoisotopic (exact) mass is 408 g/mol. The number of rotatable bonds is 5. The molecule has 7 heteroatoms. The van der Waals surface area contributed by atoms with Crippen LogP contribution in [0, 0.1) is 5.92 Å². The fraction of sp³-hybridized carbons (Fsp3) is 0.773. The highest BCUT2D eigenvalue weighted by Gasteiger charge is 2.65. The van der Waals surface area contributed by atoms with E-state index >= 15 is 0 Å². The van der Waals surface area contributed by atoms with Gasteiger partial charge in [-0.3, -0.25) is 9.59 Å². The van der Waals surface area contributed by atoms with E-state index in [9.17, 15) is 14.4 Å². The number of ketones is 1. The Bertz CT molecular complexity index is 743. The maximum absolute atomic E-state index is 13.0. The van der Waals surface area contributed by atoms with Gasteiger partial charge in [0.2, 0.25) is 0 Å². The molecule has 6 atom stereocenters. The second-order valence-electron chi connectivity index (χ2n) is 9.22. The van der Waals surface area contributed by atoms with Crippen molar-refractivity contribution < 1.29 is 33.3 Å². The van der Waals surface area contributed by atoms with Gasteiger partial charge >= 0.3 is 11.9 Å². The summed E-state index contributed by atoms with van der Waals surface area (Å²) in [6, 6.07) is 0. The maximum Gasteiger partial charge on any atom is 0.333 e. The summed E-state index contributed by atoms with van der Waals surface area (Å²) in [6.45, 7) is 10.4. The topological polar surface area (TPSA) is 91.4 Å². The van der Waals surface area contributed by atoms with Crippen molar-refractivity contribution in [1.29, 1.82) is 0 Å². The molecule has 0 aromatic heterocycles. The standard InChI is InChI=1S/C22H32O7/c1-7-13(2)19(25)27-16-9-11-20(4,29-22(16,6)12-26-14(3)23)15-8-10-21(5)18(28-21)17(15)24/h7,15-16,18H,8-12H2,1-6H3/b13-7+/t15-,16-,18-,20-,21+,22-/m0/s1. The molecule has 29 heavy (non-hydrogen) atoms. The zero-order chi connectivity index (χ0) is 21.6. The third kappa shape index (κ3) is 4.12. The molecule has 7 nitrogen and oxygen atoms in total. The molecular formula is C22H32O7. The lowest BCUT2D eigenvalue weighted by Gasteiger charge is -2.51. The van der Waals surface area contributed by atoms with E-state index in [2.05, 4.69) is 0 Å². The number of esters is 2. The molecule has 2 heterocycles. The van der Waals surface area contributed by atoms with Crippen LogP contribution in [0.2, 0.25) is 0 Å². The van der Waals surface area contributed by atoms with Gasteiger partial charge in [-0.2, -0.15) is 0 Å². The minimum atomic E-state index is -1.05. The number of epoxide rings is 1. The average molecular weight is 408 g/mol. The normalized spacial score (nSPS) is 42.1. The van der Waals surface area contributed by atoms with Gasteiger partial charge in [-0.05, 0) is 60.3 Å². The van der Waals surface area contributed by atoms with E-state index in [4.69, 9.17) is 18.9 Å². The van der Waals surface area contributed by atoms with E-state index in [1.54, 1.807) is 26.8 Å². The first-order valence-corrected chi connectivity index (χ1v) is 10.3. The molecule has 0 unspecified atom stereocenters. The van der Waals surface area contributed by atoms with Crippen molar-refractivity contribution in [2.45, 2.75) is 96.2 Å². The van der Waals surface area contributed by atoms with Crippen molar-refractivity contribution in [2.75, 3.05) is 6.61 Å². The lowest BCUT2D eigenvalue weighted by atomic mass is 9.69. The molecule has 2 aliphatic heterocycles. The van der Waals surface area contributed by atoms with Crippen LogP contribution in [0.4, 0.5) is 0 Å².